The zero-order valence-electron chi connectivity index (χ0n) is 11.2. The van der Waals surface area contributed by atoms with Crippen LogP contribution in [-0.4, -0.2) is 30.3 Å². The lowest BCUT2D eigenvalue weighted by atomic mass is 10.1. The van der Waals surface area contributed by atoms with Crippen molar-refractivity contribution in [3.05, 3.63) is 58.4 Å². The summed E-state index contributed by atoms with van der Waals surface area (Å²) in [5.74, 6) is -0.750. The van der Waals surface area contributed by atoms with Crippen molar-refractivity contribution in [2.75, 3.05) is 0 Å². The van der Waals surface area contributed by atoms with Gasteiger partial charge in [-0.05, 0) is 12.5 Å². The number of benzene rings is 1. The van der Waals surface area contributed by atoms with Crippen LogP contribution in [0.2, 0.25) is 0 Å². The summed E-state index contributed by atoms with van der Waals surface area (Å²) in [6, 6.07) is 9.15. The minimum absolute atomic E-state index is 0.0593. The summed E-state index contributed by atoms with van der Waals surface area (Å²) in [6.07, 6.45) is 1.22. The molecule has 2 N–H and O–H groups in total. The van der Waals surface area contributed by atoms with Gasteiger partial charge in [-0.3, -0.25) is 4.79 Å². The van der Waals surface area contributed by atoms with Gasteiger partial charge in [-0.15, -0.1) is 5.10 Å². The highest BCUT2D eigenvalue weighted by Crippen LogP contribution is 2.14. The van der Waals surface area contributed by atoms with E-state index in [-0.39, 0.29) is 17.4 Å². The molecule has 3 rings (SSSR count). The standard InChI is InChI=1S/C13H12N6O2/c1-8(9-5-3-2-4-6-9)19-13(21)18-7-15-10(11(14)20)12(18)16-17-19/h2-8H,1H3,(H2,14,20)/t8-/m1/s1. The van der Waals surface area contributed by atoms with Crippen LogP contribution in [0.1, 0.15) is 29.0 Å². The molecule has 8 nitrogen and oxygen atoms in total. The van der Waals surface area contributed by atoms with E-state index in [0.29, 0.717) is 0 Å². The zero-order valence-corrected chi connectivity index (χ0v) is 11.2. The number of carbonyl (C=O) groups excluding carboxylic acids is 1. The van der Waals surface area contributed by atoms with Crippen molar-refractivity contribution in [3.63, 3.8) is 0 Å². The molecule has 2 aromatic heterocycles. The van der Waals surface area contributed by atoms with Gasteiger partial charge in [-0.2, -0.15) is 4.68 Å². The summed E-state index contributed by atoms with van der Waals surface area (Å²) < 4.78 is 2.39. The Morgan fingerprint density at radius 2 is 2.00 bits per heavy atom. The first-order valence-electron chi connectivity index (χ1n) is 6.27. The van der Waals surface area contributed by atoms with Crippen LogP contribution in [0.5, 0.6) is 0 Å². The van der Waals surface area contributed by atoms with Gasteiger partial charge in [-0.25, -0.2) is 14.2 Å². The summed E-state index contributed by atoms with van der Waals surface area (Å²) in [7, 11) is 0. The van der Waals surface area contributed by atoms with Gasteiger partial charge >= 0.3 is 5.69 Å². The third-order valence-corrected chi connectivity index (χ3v) is 3.26. The lowest BCUT2D eigenvalue weighted by Crippen LogP contribution is -2.32. The Kier molecular flexibility index (Phi) is 2.98. The number of rotatable bonds is 3. The van der Waals surface area contributed by atoms with Crippen LogP contribution in [0.25, 0.3) is 5.65 Å². The lowest BCUT2D eigenvalue weighted by Gasteiger charge is -2.12. The van der Waals surface area contributed by atoms with Crippen LogP contribution < -0.4 is 11.4 Å². The predicted molar refractivity (Wildman–Crippen MR) is 73.8 cm³/mol. The van der Waals surface area contributed by atoms with Crippen LogP contribution in [0.3, 0.4) is 0 Å². The van der Waals surface area contributed by atoms with Crippen LogP contribution in [0.15, 0.2) is 41.5 Å². The normalized spacial score (nSPS) is 12.4. The van der Waals surface area contributed by atoms with Crippen LogP contribution in [-0.2, 0) is 0 Å². The van der Waals surface area contributed by atoms with E-state index in [1.807, 2.05) is 37.3 Å². The molecule has 8 heteroatoms. The maximum absolute atomic E-state index is 12.4. The van der Waals surface area contributed by atoms with Gasteiger partial charge in [-0.1, -0.05) is 35.5 Å². The number of nitrogens with two attached hydrogens (primary N) is 1. The largest absolute Gasteiger partial charge is 0.364 e. The van der Waals surface area contributed by atoms with E-state index in [4.69, 9.17) is 5.73 Å². The molecule has 1 amide bonds. The second-order valence-corrected chi connectivity index (χ2v) is 4.55. The molecule has 0 bridgehead atoms. The first-order chi connectivity index (χ1) is 10.1. The SMILES string of the molecule is C[C@H](c1ccccc1)n1nnc2c(C(N)=O)ncn2c1=O. The average molecular weight is 284 g/mol. The first kappa shape index (κ1) is 13.0. The lowest BCUT2D eigenvalue weighted by molar-refractivity contribution is 0.0997. The van der Waals surface area contributed by atoms with Crippen molar-refractivity contribution in [2.45, 2.75) is 13.0 Å². The molecule has 0 aliphatic heterocycles. The van der Waals surface area contributed by atoms with Gasteiger partial charge in [0, 0.05) is 0 Å². The molecular weight excluding hydrogens is 272 g/mol. The van der Waals surface area contributed by atoms with Gasteiger partial charge in [0.1, 0.15) is 6.33 Å². The molecule has 3 aromatic rings. The Labute approximate surface area is 118 Å². The highest BCUT2D eigenvalue weighted by Gasteiger charge is 2.18. The molecule has 2 heterocycles. The minimum atomic E-state index is -0.750. The maximum Gasteiger partial charge on any atom is 0.353 e. The highest BCUT2D eigenvalue weighted by molar-refractivity contribution is 5.96. The number of aromatic nitrogens is 5. The average Bonchev–Trinajstić information content (AvgIpc) is 2.93. The first-order valence-corrected chi connectivity index (χ1v) is 6.27. The van der Waals surface area contributed by atoms with Gasteiger partial charge in [0.15, 0.2) is 11.3 Å². The second kappa shape index (κ2) is 4.82. The van der Waals surface area contributed by atoms with Gasteiger partial charge in [0.2, 0.25) is 0 Å². The molecule has 0 spiro atoms. The van der Waals surface area contributed by atoms with E-state index in [0.717, 1.165) is 9.96 Å². The third kappa shape index (κ3) is 2.06. The van der Waals surface area contributed by atoms with E-state index in [1.165, 1.54) is 11.0 Å². The molecule has 106 valence electrons. The molecule has 0 unspecified atom stereocenters. The van der Waals surface area contributed by atoms with E-state index in [9.17, 15) is 9.59 Å². The molecule has 1 atom stereocenters. The Hall–Kier alpha value is -3.03. The molecule has 0 radical (unpaired) electrons. The van der Waals surface area contributed by atoms with Crippen molar-refractivity contribution in [3.8, 4) is 0 Å². The van der Waals surface area contributed by atoms with Crippen molar-refractivity contribution in [1.29, 1.82) is 0 Å². The maximum atomic E-state index is 12.4. The highest BCUT2D eigenvalue weighted by atomic mass is 16.2. The fraction of sp³-hybridized carbons (Fsp3) is 0.154. The van der Waals surface area contributed by atoms with Crippen molar-refractivity contribution < 1.29 is 4.79 Å². The monoisotopic (exact) mass is 284 g/mol. The molecule has 0 saturated heterocycles. The molecule has 21 heavy (non-hydrogen) atoms. The van der Waals surface area contributed by atoms with Crippen molar-refractivity contribution in [2.24, 2.45) is 5.73 Å². The van der Waals surface area contributed by atoms with Crippen LogP contribution >= 0.6 is 0 Å². The molecule has 0 fully saturated rings. The fourth-order valence-corrected chi connectivity index (χ4v) is 2.11. The van der Waals surface area contributed by atoms with Crippen LogP contribution in [0.4, 0.5) is 0 Å². The molecule has 0 aliphatic rings. The number of nitrogens with zero attached hydrogens (tertiary/aromatic N) is 5. The zero-order chi connectivity index (χ0) is 15.0. The molecular formula is C13H12N6O2. The number of carbonyl (C=O) groups is 1. The van der Waals surface area contributed by atoms with E-state index >= 15 is 0 Å². The van der Waals surface area contributed by atoms with Gasteiger partial charge < -0.3 is 5.73 Å². The Morgan fingerprint density at radius 1 is 1.29 bits per heavy atom. The minimum Gasteiger partial charge on any atom is -0.364 e. The summed E-state index contributed by atoms with van der Waals surface area (Å²) in [5.41, 5.74) is 5.65. The number of hydrogen-bond acceptors (Lipinski definition) is 5. The Bertz CT molecular complexity index is 867. The Morgan fingerprint density at radius 3 is 2.67 bits per heavy atom. The topological polar surface area (TPSA) is 108 Å². The fourth-order valence-electron chi connectivity index (χ4n) is 2.11. The van der Waals surface area contributed by atoms with Gasteiger partial charge in [0.05, 0.1) is 6.04 Å². The second-order valence-electron chi connectivity index (χ2n) is 4.55. The van der Waals surface area contributed by atoms with Gasteiger partial charge in [0.25, 0.3) is 5.91 Å². The Balaban J connectivity index is 2.15. The number of hydrogen-bond donors (Lipinski definition) is 1. The summed E-state index contributed by atoms with van der Waals surface area (Å²) in [6.45, 7) is 1.84. The predicted octanol–water partition coefficient (Wildman–Crippen LogP) is -0.00580. The van der Waals surface area contributed by atoms with E-state index < -0.39 is 11.6 Å². The van der Waals surface area contributed by atoms with E-state index in [2.05, 4.69) is 15.3 Å². The number of primary amides is 1. The molecule has 0 aliphatic carbocycles. The van der Waals surface area contributed by atoms with Crippen molar-refractivity contribution >= 4 is 11.6 Å². The van der Waals surface area contributed by atoms with Crippen LogP contribution in [0, 0.1) is 0 Å². The number of fused-ring (bicyclic) bond motifs is 1. The summed E-state index contributed by atoms with van der Waals surface area (Å²) in [5, 5.41) is 7.77. The quantitative estimate of drug-likeness (QED) is 0.728. The van der Waals surface area contributed by atoms with E-state index in [1.54, 1.807) is 0 Å². The number of imidazole rings is 1. The smallest absolute Gasteiger partial charge is 0.353 e. The number of amides is 1. The third-order valence-electron chi connectivity index (χ3n) is 3.26. The summed E-state index contributed by atoms with van der Waals surface area (Å²) in [4.78, 5) is 27.4. The molecule has 1 aromatic carbocycles. The summed E-state index contributed by atoms with van der Waals surface area (Å²) >= 11 is 0. The molecule has 0 saturated carbocycles. The van der Waals surface area contributed by atoms with Crippen molar-refractivity contribution in [1.82, 2.24) is 24.4 Å².